The van der Waals surface area contributed by atoms with Crippen LogP contribution in [0.3, 0.4) is 0 Å². The lowest BCUT2D eigenvalue weighted by molar-refractivity contribution is -0.146. The van der Waals surface area contributed by atoms with Crippen molar-refractivity contribution in [2.45, 2.75) is 32.3 Å². The maximum atomic E-state index is 11.2. The van der Waals surface area contributed by atoms with Crippen molar-refractivity contribution in [1.29, 1.82) is 0 Å². The smallest absolute Gasteiger partial charge is 0.309 e. The van der Waals surface area contributed by atoms with Crippen LogP contribution in [0, 0.1) is 5.92 Å². The first-order valence-corrected chi connectivity index (χ1v) is 6.15. The number of carbonyl (C=O) groups is 1. The molecular formula is C14H20O4. The molecule has 2 unspecified atom stereocenters. The number of aliphatic hydroxyl groups excluding tert-OH is 1. The summed E-state index contributed by atoms with van der Waals surface area (Å²) in [6.45, 7) is 2.00. The van der Waals surface area contributed by atoms with Crippen LogP contribution in [0.15, 0.2) is 24.3 Å². The molecule has 0 spiro atoms. The zero-order valence-corrected chi connectivity index (χ0v) is 10.8. The molecule has 2 atom stereocenters. The summed E-state index contributed by atoms with van der Waals surface area (Å²) in [5.41, 5.74) is 0.610. The van der Waals surface area contributed by atoms with Gasteiger partial charge in [-0.05, 0) is 24.1 Å². The highest BCUT2D eigenvalue weighted by Crippen LogP contribution is 2.27. The highest BCUT2D eigenvalue weighted by molar-refractivity contribution is 5.71. The summed E-state index contributed by atoms with van der Waals surface area (Å²) in [6.07, 6.45) is 1.22. The zero-order valence-electron chi connectivity index (χ0n) is 10.8. The lowest BCUT2D eigenvalue weighted by Crippen LogP contribution is -2.22. The molecule has 0 aromatic heterocycles. The molecule has 0 saturated carbocycles. The van der Waals surface area contributed by atoms with Gasteiger partial charge in [-0.3, -0.25) is 4.79 Å². The summed E-state index contributed by atoms with van der Waals surface area (Å²) in [7, 11) is 1.56. The van der Waals surface area contributed by atoms with E-state index in [-0.39, 0.29) is 0 Å². The number of carboxylic acids is 1. The normalized spacial score (nSPS) is 13.9. The molecule has 0 aliphatic rings. The molecule has 2 N–H and O–H groups in total. The van der Waals surface area contributed by atoms with Gasteiger partial charge in [-0.2, -0.15) is 0 Å². The Morgan fingerprint density at radius 2 is 1.94 bits per heavy atom. The first-order chi connectivity index (χ1) is 8.60. The van der Waals surface area contributed by atoms with Crippen molar-refractivity contribution < 1.29 is 19.7 Å². The van der Waals surface area contributed by atoms with Gasteiger partial charge in [0.15, 0.2) is 0 Å². The Morgan fingerprint density at radius 3 is 2.39 bits per heavy atom. The van der Waals surface area contributed by atoms with Crippen LogP contribution in [0.2, 0.25) is 0 Å². The Labute approximate surface area is 107 Å². The molecule has 18 heavy (non-hydrogen) atoms. The first kappa shape index (κ1) is 14.5. The van der Waals surface area contributed by atoms with E-state index in [1.165, 1.54) is 0 Å². The fourth-order valence-electron chi connectivity index (χ4n) is 1.87. The number of benzene rings is 1. The molecule has 100 valence electrons. The van der Waals surface area contributed by atoms with Gasteiger partial charge in [-0.15, -0.1) is 0 Å². The number of rotatable bonds is 7. The maximum absolute atomic E-state index is 11.2. The minimum atomic E-state index is -0.972. The molecule has 4 heteroatoms. The number of methoxy groups -OCH3 is 1. The molecule has 0 aliphatic carbocycles. The van der Waals surface area contributed by atoms with Crippen LogP contribution in [0.4, 0.5) is 0 Å². The second kappa shape index (κ2) is 7.01. The van der Waals surface area contributed by atoms with Gasteiger partial charge in [0.25, 0.3) is 0 Å². The van der Waals surface area contributed by atoms with Crippen LogP contribution in [0.25, 0.3) is 0 Å². The van der Waals surface area contributed by atoms with E-state index in [1.54, 1.807) is 31.4 Å². The Balaban J connectivity index is 2.80. The molecule has 0 amide bonds. The van der Waals surface area contributed by atoms with Crippen LogP contribution in [-0.4, -0.2) is 23.3 Å². The molecule has 1 rings (SSSR count). The van der Waals surface area contributed by atoms with Gasteiger partial charge in [-0.1, -0.05) is 31.9 Å². The lowest BCUT2D eigenvalue weighted by Gasteiger charge is -2.19. The van der Waals surface area contributed by atoms with E-state index in [0.29, 0.717) is 17.7 Å². The maximum Gasteiger partial charge on any atom is 0.309 e. The average Bonchev–Trinajstić information content (AvgIpc) is 2.38. The van der Waals surface area contributed by atoms with E-state index in [1.807, 2.05) is 6.92 Å². The topological polar surface area (TPSA) is 66.8 Å². The standard InChI is InChI=1S/C14H20O4/c1-3-4-5-12(14(16)17)13(15)10-6-8-11(18-2)9-7-10/h6-9,12-13,15H,3-5H2,1-2H3,(H,16,17). The van der Waals surface area contributed by atoms with Gasteiger partial charge in [0.05, 0.1) is 19.1 Å². The van der Waals surface area contributed by atoms with Crippen molar-refractivity contribution in [2.24, 2.45) is 5.92 Å². The van der Waals surface area contributed by atoms with Gasteiger partial charge in [0.1, 0.15) is 5.75 Å². The number of aliphatic carboxylic acids is 1. The number of carboxylic acid groups (broad SMARTS) is 1. The number of ether oxygens (including phenoxy) is 1. The molecule has 0 radical (unpaired) electrons. The largest absolute Gasteiger partial charge is 0.497 e. The second-order valence-electron chi connectivity index (χ2n) is 4.30. The number of aliphatic hydroxyl groups is 1. The summed E-state index contributed by atoms with van der Waals surface area (Å²) in [5, 5.41) is 19.3. The van der Waals surface area contributed by atoms with Crippen LogP contribution in [-0.2, 0) is 4.79 Å². The SMILES string of the molecule is CCCCC(C(=O)O)C(O)c1ccc(OC)cc1. The molecule has 1 aromatic carbocycles. The summed E-state index contributed by atoms with van der Waals surface area (Å²) >= 11 is 0. The molecule has 4 nitrogen and oxygen atoms in total. The zero-order chi connectivity index (χ0) is 13.5. The first-order valence-electron chi connectivity index (χ1n) is 6.15. The molecule has 0 saturated heterocycles. The molecule has 1 aromatic rings. The molecule has 0 heterocycles. The van der Waals surface area contributed by atoms with E-state index in [4.69, 9.17) is 9.84 Å². The van der Waals surface area contributed by atoms with Crippen molar-refractivity contribution >= 4 is 5.97 Å². The predicted molar refractivity (Wildman–Crippen MR) is 68.6 cm³/mol. The molecule has 0 aliphatic heterocycles. The van der Waals surface area contributed by atoms with Crippen molar-refractivity contribution in [3.63, 3.8) is 0 Å². The monoisotopic (exact) mass is 252 g/mol. The van der Waals surface area contributed by atoms with Gasteiger partial charge in [0.2, 0.25) is 0 Å². The predicted octanol–water partition coefficient (Wildman–Crippen LogP) is 2.62. The highest BCUT2D eigenvalue weighted by atomic mass is 16.5. The molecule has 0 bridgehead atoms. The Kier molecular flexibility index (Phi) is 5.65. The average molecular weight is 252 g/mol. The van der Waals surface area contributed by atoms with Gasteiger partial charge in [0, 0.05) is 0 Å². The van der Waals surface area contributed by atoms with Crippen LogP contribution < -0.4 is 4.74 Å². The summed E-state index contributed by atoms with van der Waals surface area (Å²) in [5.74, 6) is -1.02. The van der Waals surface area contributed by atoms with Crippen LogP contribution >= 0.6 is 0 Å². The number of hydrogen-bond acceptors (Lipinski definition) is 3. The fourth-order valence-corrected chi connectivity index (χ4v) is 1.87. The Morgan fingerprint density at radius 1 is 1.33 bits per heavy atom. The van der Waals surface area contributed by atoms with E-state index < -0.39 is 18.0 Å². The fraction of sp³-hybridized carbons (Fsp3) is 0.500. The van der Waals surface area contributed by atoms with Crippen molar-refractivity contribution in [3.8, 4) is 5.75 Å². The third kappa shape index (κ3) is 3.74. The van der Waals surface area contributed by atoms with Crippen LogP contribution in [0.1, 0.15) is 37.9 Å². The number of hydrogen-bond donors (Lipinski definition) is 2. The van der Waals surface area contributed by atoms with Crippen molar-refractivity contribution in [1.82, 2.24) is 0 Å². The Hall–Kier alpha value is -1.55. The summed E-state index contributed by atoms with van der Waals surface area (Å²) in [4.78, 5) is 11.2. The van der Waals surface area contributed by atoms with Crippen LogP contribution in [0.5, 0.6) is 5.75 Å². The van der Waals surface area contributed by atoms with E-state index in [0.717, 1.165) is 12.8 Å². The van der Waals surface area contributed by atoms with Crippen molar-refractivity contribution in [2.75, 3.05) is 7.11 Å². The Bertz CT molecular complexity index is 372. The minimum absolute atomic E-state index is 0.485. The van der Waals surface area contributed by atoms with Gasteiger partial charge >= 0.3 is 5.97 Å². The second-order valence-corrected chi connectivity index (χ2v) is 4.30. The lowest BCUT2D eigenvalue weighted by atomic mass is 9.91. The summed E-state index contributed by atoms with van der Waals surface area (Å²) in [6, 6.07) is 6.84. The van der Waals surface area contributed by atoms with Gasteiger partial charge < -0.3 is 14.9 Å². The molecule has 0 fully saturated rings. The molecular weight excluding hydrogens is 232 g/mol. The van der Waals surface area contributed by atoms with E-state index in [2.05, 4.69) is 0 Å². The quantitative estimate of drug-likeness (QED) is 0.782. The van der Waals surface area contributed by atoms with Crippen molar-refractivity contribution in [3.05, 3.63) is 29.8 Å². The number of unbranched alkanes of at least 4 members (excludes halogenated alkanes) is 1. The third-order valence-electron chi connectivity index (χ3n) is 3.02. The highest BCUT2D eigenvalue weighted by Gasteiger charge is 2.27. The third-order valence-corrected chi connectivity index (χ3v) is 3.02. The van der Waals surface area contributed by atoms with Gasteiger partial charge in [-0.25, -0.2) is 0 Å². The van der Waals surface area contributed by atoms with E-state index in [9.17, 15) is 9.90 Å². The minimum Gasteiger partial charge on any atom is -0.497 e. The summed E-state index contributed by atoms with van der Waals surface area (Å²) < 4.78 is 5.02. The van der Waals surface area contributed by atoms with E-state index >= 15 is 0 Å².